The van der Waals surface area contributed by atoms with E-state index in [1.54, 1.807) is 0 Å². The van der Waals surface area contributed by atoms with Gasteiger partial charge in [-0.15, -0.1) is 12.4 Å². The molecular weight excluding hydrogens is 372 g/mol. The van der Waals surface area contributed by atoms with Crippen LogP contribution in [0.5, 0.6) is 0 Å². The summed E-state index contributed by atoms with van der Waals surface area (Å²) < 4.78 is 77.6. The van der Waals surface area contributed by atoms with Crippen molar-refractivity contribution in [1.29, 1.82) is 0 Å². The SMILES string of the molecule is Cl.N[C@@H](c1ccc(C(F)(F)F)cc1C(F)(F)F)[C@H](O)C1CCCCC1. The number of halogens is 7. The molecule has 1 aliphatic carbocycles. The van der Waals surface area contributed by atoms with E-state index in [4.69, 9.17) is 5.73 Å². The van der Waals surface area contributed by atoms with E-state index in [0.29, 0.717) is 18.9 Å². The van der Waals surface area contributed by atoms with E-state index in [2.05, 4.69) is 0 Å². The second-order valence-corrected chi connectivity index (χ2v) is 6.21. The monoisotopic (exact) mass is 391 g/mol. The van der Waals surface area contributed by atoms with Gasteiger partial charge in [0.15, 0.2) is 0 Å². The third-order valence-electron chi connectivity index (χ3n) is 4.55. The standard InChI is InChI=1S/C16H19F6NO.ClH/c17-15(18,19)10-6-7-11(12(8-10)16(20,21)22)13(23)14(24)9-4-2-1-3-5-9;/h6-9,13-14,24H,1-5,23H2;1H/t13-,14+;/m0./s1. The smallest absolute Gasteiger partial charge is 0.391 e. The molecule has 0 spiro atoms. The minimum atomic E-state index is -4.99. The number of aliphatic hydroxyl groups excluding tert-OH is 1. The molecule has 9 heteroatoms. The van der Waals surface area contributed by atoms with Crippen molar-refractivity contribution < 1.29 is 31.4 Å². The van der Waals surface area contributed by atoms with Gasteiger partial charge in [-0.2, -0.15) is 26.3 Å². The maximum Gasteiger partial charge on any atom is 0.416 e. The number of nitrogens with two attached hydrogens (primary N) is 1. The van der Waals surface area contributed by atoms with Gasteiger partial charge in [-0.1, -0.05) is 25.3 Å². The molecular formula is C16H20ClF6NO. The Balaban J connectivity index is 0.00000312. The first-order valence-electron chi connectivity index (χ1n) is 7.74. The topological polar surface area (TPSA) is 46.2 Å². The highest BCUT2D eigenvalue weighted by Crippen LogP contribution is 2.40. The summed E-state index contributed by atoms with van der Waals surface area (Å²) in [5.41, 5.74) is 2.45. The number of hydrogen-bond acceptors (Lipinski definition) is 2. The van der Waals surface area contributed by atoms with Crippen LogP contribution >= 0.6 is 12.4 Å². The Morgan fingerprint density at radius 1 is 0.960 bits per heavy atom. The summed E-state index contributed by atoms with van der Waals surface area (Å²) in [6.07, 6.45) is -7.09. The van der Waals surface area contributed by atoms with Gasteiger partial charge in [0.2, 0.25) is 0 Å². The lowest BCUT2D eigenvalue weighted by molar-refractivity contribution is -0.143. The molecule has 0 radical (unpaired) electrons. The third-order valence-corrected chi connectivity index (χ3v) is 4.55. The molecule has 1 fully saturated rings. The van der Waals surface area contributed by atoms with E-state index in [-0.39, 0.29) is 24.4 Å². The quantitative estimate of drug-likeness (QED) is 0.705. The van der Waals surface area contributed by atoms with Crippen LogP contribution in [-0.4, -0.2) is 11.2 Å². The first-order valence-corrected chi connectivity index (χ1v) is 7.74. The molecule has 1 aromatic rings. The van der Waals surface area contributed by atoms with Gasteiger partial charge >= 0.3 is 12.4 Å². The van der Waals surface area contributed by atoms with Gasteiger partial charge in [0.1, 0.15) is 0 Å². The summed E-state index contributed by atoms with van der Waals surface area (Å²) in [5.74, 6) is -0.239. The first-order chi connectivity index (χ1) is 11.0. The number of rotatable bonds is 3. The fraction of sp³-hybridized carbons (Fsp3) is 0.625. The second kappa shape index (κ2) is 8.14. The highest BCUT2D eigenvalue weighted by atomic mass is 35.5. The molecule has 0 unspecified atom stereocenters. The molecule has 1 aliphatic rings. The van der Waals surface area contributed by atoms with Crippen LogP contribution in [0.3, 0.4) is 0 Å². The molecule has 25 heavy (non-hydrogen) atoms. The van der Waals surface area contributed by atoms with Crippen LogP contribution in [0, 0.1) is 5.92 Å². The van der Waals surface area contributed by atoms with Crippen LogP contribution in [0.15, 0.2) is 18.2 Å². The summed E-state index contributed by atoms with van der Waals surface area (Å²) in [6.45, 7) is 0. The van der Waals surface area contributed by atoms with Crippen molar-refractivity contribution in [2.24, 2.45) is 11.7 Å². The predicted octanol–water partition coefficient (Wildman–Crippen LogP) is 5.09. The number of alkyl halides is 6. The van der Waals surface area contributed by atoms with Crippen LogP contribution in [0.1, 0.15) is 54.8 Å². The highest BCUT2D eigenvalue weighted by molar-refractivity contribution is 5.85. The average molecular weight is 392 g/mol. The maximum atomic E-state index is 13.2. The molecule has 2 nitrogen and oxygen atoms in total. The fourth-order valence-corrected chi connectivity index (χ4v) is 3.22. The van der Waals surface area contributed by atoms with Crippen LogP contribution in [0.4, 0.5) is 26.3 Å². The minimum Gasteiger partial charge on any atom is -0.391 e. The first kappa shape index (κ1) is 22.1. The van der Waals surface area contributed by atoms with Gasteiger partial charge in [-0.3, -0.25) is 0 Å². The zero-order chi connectivity index (χ0) is 18.1. The summed E-state index contributed by atoms with van der Waals surface area (Å²) in [7, 11) is 0. The molecule has 3 N–H and O–H groups in total. The normalized spacial score (nSPS) is 19.2. The number of benzene rings is 1. The van der Waals surface area contributed by atoms with Crippen LogP contribution in [0.25, 0.3) is 0 Å². The molecule has 2 rings (SSSR count). The van der Waals surface area contributed by atoms with Crippen molar-refractivity contribution in [3.63, 3.8) is 0 Å². The van der Waals surface area contributed by atoms with E-state index >= 15 is 0 Å². The third kappa shape index (κ3) is 5.24. The van der Waals surface area contributed by atoms with E-state index in [1.165, 1.54) is 0 Å². The van der Waals surface area contributed by atoms with Gasteiger partial charge < -0.3 is 10.8 Å². The largest absolute Gasteiger partial charge is 0.416 e. The predicted molar refractivity (Wildman–Crippen MR) is 83.2 cm³/mol. The van der Waals surface area contributed by atoms with Crippen molar-refractivity contribution in [2.75, 3.05) is 0 Å². The Morgan fingerprint density at radius 3 is 2.00 bits per heavy atom. The maximum absolute atomic E-state index is 13.2. The molecule has 0 aromatic heterocycles. The molecule has 0 heterocycles. The van der Waals surface area contributed by atoms with E-state index < -0.39 is 41.2 Å². The van der Waals surface area contributed by atoms with Crippen molar-refractivity contribution in [3.05, 3.63) is 34.9 Å². The summed E-state index contributed by atoms with van der Waals surface area (Å²) in [4.78, 5) is 0. The molecule has 1 aromatic carbocycles. The lowest BCUT2D eigenvalue weighted by Crippen LogP contribution is -2.35. The molecule has 0 aliphatic heterocycles. The van der Waals surface area contributed by atoms with Gasteiger partial charge in [0.25, 0.3) is 0 Å². The van der Waals surface area contributed by atoms with E-state index in [0.717, 1.165) is 25.3 Å². The molecule has 0 amide bonds. The Labute approximate surface area is 147 Å². The van der Waals surface area contributed by atoms with Crippen LogP contribution in [0.2, 0.25) is 0 Å². The molecule has 2 atom stereocenters. The highest BCUT2D eigenvalue weighted by Gasteiger charge is 2.40. The molecule has 0 saturated heterocycles. The zero-order valence-corrected chi connectivity index (χ0v) is 14.0. The Bertz CT molecular complexity index is 569. The lowest BCUT2D eigenvalue weighted by atomic mass is 9.80. The van der Waals surface area contributed by atoms with E-state index in [1.807, 2.05) is 0 Å². The van der Waals surface area contributed by atoms with Gasteiger partial charge in [0.05, 0.1) is 23.3 Å². The Hall–Kier alpha value is -0.990. The summed E-state index contributed by atoms with van der Waals surface area (Å²) >= 11 is 0. The van der Waals surface area contributed by atoms with Crippen molar-refractivity contribution >= 4 is 12.4 Å². The molecule has 0 bridgehead atoms. The van der Waals surface area contributed by atoms with Crippen LogP contribution < -0.4 is 5.73 Å². The minimum absolute atomic E-state index is 0. The second-order valence-electron chi connectivity index (χ2n) is 6.21. The average Bonchev–Trinajstić information content (AvgIpc) is 2.52. The lowest BCUT2D eigenvalue weighted by Gasteiger charge is -2.31. The summed E-state index contributed by atoms with van der Waals surface area (Å²) in [5, 5.41) is 10.3. The van der Waals surface area contributed by atoms with Gasteiger partial charge in [-0.25, -0.2) is 0 Å². The summed E-state index contributed by atoms with van der Waals surface area (Å²) in [6, 6.07) is -0.0320. The Kier molecular flexibility index (Phi) is 7.18. The van der Waals surface area contributed by atoms with Crippen molar-refractivity contribution in [1.82, 2.24) is 0 Å². The van der Waals surface area contributed by atoms with Gasteiger partial charge in [-0.05, 0) is 36.5 Å². The molecule has 144 valence electrons. The molecule has 1 saturated carbocycles. The Morgan fingerprint density at radius 2 is 1.52 bits per heavy atom. The zero-order valence-electron chi connectivity index (χ0n) is 13.2. The van der Waals surface area contributed by atoms with Crippen molar-refractivity contribution in [2.45, 2.75) is 56.6 Å². The number of hydrogen-bond donors (Lipinski definition) is 2. The van der Waals surface area contributed by atoms with Crippen LogP contribution in [-0.2, 0) is 12.4 Å². The van der Waals surface area contributed by atoms with E-state index in [9.17, 15) is 31.4 Å². The van der Waals surface area contributed by atoms with Gasteiger partial charge in [0, 0.05) is 0 Å². The number of aliphatic hydroxyl groups is 1. The fourth-order valence-electron chi connectivity index (χ4n) is 3.22. The van der Waals surface area contributed by atoms with Crippen molar-refractivity contribution in [3.8, 4) is 0 Å².